The third kappa shape index (κ3) is 5.80. The lowest BCUT2D eigenvalue weighted by Gasteiger charge is -2.22. The zero-order chi connectivity index (χ0) is 18.0. The predicted octanol–water partition coefficient (Wildman–Crippen LogP) is 2.86. The molecule has 2 N–H and O–H groups in total. The van der Waals surface area contributed by atoms with Crippen LogP contribution in [0.1, 0.15) is 44.1 Å². The van der Waals surface area contributed by atoms with E-state index < -0.39 is 0 Å². The number of hydrogen-bond donors (Lipinski definition) is 2. The molecule has 0 bridgehead atoms. The molecule has 0 atom stereocenters. The van der Waals surface area contributed by atoms with Gasteiger partial charge in [0.05, 0.1) is 6.10 Å². The Balaban J connectivity index is 1.27. The fraction of sp³-hybridized carbons (Fsp3) is 0.650. The molecule has 0 aromatic heterocycles. The standard InChI is InChI=1S/C20H31N3O3/c1-21-20(22-11-5-13-24-17-6-3-2-4-7-17)23-12-10-16-8-9-18-19(14-16)26-15-25-18/h8-9,14,17H,2-7,10-13,15H2,1H3,(H2,21,22,23). The van der Waals surface area contributed by atoms with Crippen LogP contribution in [0.4, 0.5) is 0 Å². The van der Waals surface area contributed by atoms with Crippen LogP contribution in [-0.4, -0.2) is 45.6 Å². The average molecular weight is 361 g/mol. The second-order valence-corrected chi connectivity index (χ2v) is 6.85. The number of ether oxygens (including phenoxy) is 3. The molecule has 0 radical (unpaired) electrons. The molecule has 0 saturated heterocycles. The zero-order valence-electron chi connectivity index (χ0n) is 15.8. The number of hydrogen-bond acceptors (Lipinski definition) is 4. The SMILES string of the molecule is CN=C(NCCCOC1CCCCC1)NCCc1ccc2c(c1)OCO2. The predicted molar refractivity (Wildman–Crippen MR) is 103 cm³/mol. The highest BCUT2D eigenvalue weighted by Crippen LogP contribution is 2.32. The van der Waals surface area contributed by atoms with Crippen LogP contribution in [0.25, 0.3) is 0 Å². The van der Waals surface area contributed by atoms with Crippen LogP contribution in [0.15, 0.2) is 23.2 Å². The van der Waals surface area contributed by atoms with Crippen LogP contribution in [-0.2, 0) is 11.2 Å². The normalized spacial score (nSPS) is 17.3. The molecule has 1 heterocycles. The van der Waals surface area contributed by atoms with Gasteiger partial charge >= 0.3 is 0 Å². The summed E-state index contributed by atoms with van der Waals surface area (Å²) in [6.45, 7) is 2.83. The summed E-state index contributed by atoms with van der Waals surface area (Å²) in [5.74, 6) is 2.50. The smallest absolute Gasteiger partial charge is 0.231 e. The highest BCUT2D eigenvalue weighted by Gasteiger charge is 2.14. The molecule has 26 heavy (non-hydrogen) atoms. The maximum absolute atomic E-state index is 5.95. The molecule has 1 aliphatic heterocycles. The molecule has 6 heteroatoms. The minimum atomic E-state index is 0.318. The van der Waals surface area contributed by atoms with Gasteiger partial charge in [0.25, 0.3) is 0 Å². The summed E-state index contributed by atoms with van der Waals surface area (Å²) in [6.07, 6.45) is 8.87. The van der Waals surface area contributed by atoms with E-state index in [4.69, 9.17) is 14.2 Å². The summed E-state index contributed by atoms with van der Waals surface area (Å²) in [6, 6.07) is 6.09. The molecule has 1 fully saturated rings. The van der Waals surface area contributed by atoms with Gasteiger partial charge in [0, 0.05) is 26.7 Å². The first-order chi connectivity index (χ1) is 12.8. The molecule has 1 aromatic rings. The Kier molecular flexibility index (Phi) is 7.43. The van der Waals surface area contributed by atoms with Crippen LogP contribution in [0.5, 0.6) is 11.5 Å². The minimum Gasteiger partial charge on any atom is -0.454 e. The second-order valence-electron chi connectivity index (χ2n) is 6.85. The van der Waals surface area contributed by atoms with Gasteiger partial charge in [0.2, 0.25) is 6.79 Å². The van der Waals surface area contributed by atoms with Crippen molar-refractivity contribution in [3.63, 3.8) is 0 Å². The van der Waals surface area contributed by atoms with E-state index >= 15 is 0 Å². The second kappa shape index (κ2) is 10.3. The van der Waals surface area contributed by atoms with Crippen molar-refractivity contribution in [2.45, 2.75) is 51.0 Å². The maximum atomic E-state index is 5.95. The minimum absolute atomic E-state index is 0.318. The summed E-state index contributed by atoms with van der Waals surface area (Å²) in [7, 11) is 1.80. The average Bonchev–Trinajstić information content (AvgIpc) is 3.15. The summed E-state index contributed by atoms with van der Waals surface area (Å²) < 4.78 is 16.7. The largest absolute Gasteiger partial charge is 0.454 e. The van der Waals surface area contributed by atoms with Gasteiger partial charge in [-0.05, 0) is 43.4 Å². The quantitative estimate of drug-likeness (QED) is 0.423. The van der Waals surface area contributed by atoms with E-state index in [9.17, 15) is 0 Å². The Morgan fingerprint density at radius 1 is 1.12 bits per heavy atom. The fourth-order valence-electron chi connectivity index (χ4n) is 3.40. The van der Waals surface area contributed by atoms with E-state index in [1.807, 2.05) is 12.1 Å². The van der Waals surface area contributed by atoms with Crippen LogP contribution >= 0.6 is 0 Å². The summed E-state index contributed by atoms with van der Waals surface area (Å²) in [5.41, 5.74) is 1.22. The van der Waals surface area contributed by atoms with Gasteiger partial charge in [-0.25, -0.2) is 0 Å². The van der Waals surface area contributed by atoms with E-state index in [1.165, 1.54) is 37.7 Å². The van der Waals surface area contributed by atoms with Gasteiger partial charge in [-0.2, -0.15) is 0 Å². The van der Waals surface area contributed by atoms with Gasteiger partial charge in [0.1, 0.15) is 0 Å². The first kappa shape index (κ1) is 18.8. The lowest BCUT2D eigenvalue weighted by atomic mass is 9.98. The topological polar surface area (TPSA) is 64.1 Å². The Labute approximate surface area is 156 Å². The number of nitrogens with one attached hydrogen (secondary N) is 2. The number of rotatable bonds is 8. The molecular formula is C20H31N3O3. The molecule has 2 aliphatic rings. The Morgan fingerprint density at radius 2 is 1.92 bits per heavy atom. The van der Waals surface area contributed by atoms with Crippen molar-refractivity contribution in [3.05, 3.63) is 23.8 Å². The highest BCUT2D eigenvalue weighted by molar-refractivity contribution is 5.79. The molecule has 1 saturated carbocycles. The Morgan fingerprint density at radius 3 is 2.77 bits per heavy atom. The van der Waals surface area contributed by atoms with Crippen molar-refractivity contribution < 1.29 is 14.2 Å². The van der Waals surface area contributed by atoms with E-state index in [0.29, 0.717) is 12.9 Å². The van der Waals surface area contributed by atoms with Crippen LogP contribution < -0.4 is 20.1 Å². The molecule has 1 aromatic carbocycles. The summed E-state index contributed by atoms with van der Waals surface area (Å²) in [4.78, 5) is 4.27. The molecule has 0 unspecified atom stereocenters. The molecule has 6 nitrogen and oxygen atoms in total. The molecule has 0 amide bonds. The maximum Gasteiger partial charge on any atom is 0.231 e. The van der Waals surface area contributed by atoms with Crippen molar-refractivity contribution in [2.24, 2.45) is 4.99 Å². The van der Waals surface area contributed by atoms with E-state index in [2.05, 4.69) is 21.7 Å². The number of fused-ring (bicyclic) bond motifs is 1. The Bertz CT molecular complexity index is 586. The lowest BCUT2D eigenvalue weighted by Crippen LogP contribution is -2.39. The van der Waals surface area contributed by atoms with Crippen molar-refractivity contribution >= 4 is 5.96 Å². The van der Waals surface area contributed by atoms with Crippen LogP contribution in [0.3, 0.4) is 0 Å². The van der Waals surface area contributed by atoms with E-state index in [-0.39, 0.29) is 0 Å². The summed E-state index contributed by atoms with van der Waals surface area (Å²) in [5, 5.41) is 6.70. The molecule has 144 valence electrons. The van der Waals surface area contributed by atoms with Crippen molar-refractivity contribution in [3.8, 4) is 11.5 Å². The number of nitrogens with zero attached hydrogens (tertiary/aromatic N) is 1. The molecule has 3 rings (SSSR count). The zero-order valence-corrected chi connectivity index (χ0v) is 15.8. The van der Waals surface area contributed by atoms with Crippen molar-refractivity contribution in [2.75, 3.05) is 33.5 Å². The van der Waals surface area contributed by atoms with E-state index in [1.54, 1.807) is 7.05 Å². The third-order valence-electron chi connectivity index (χ3n) is 4.89. The van der Waals surface area contributed by atoms with Crippen molar-refractivity contribution in [1.82, 2.24) is 10.6 Å². The third-order valence-corrected chi connectivity index (χ3v) is 4.89. The monoisotopic (exact) mass is 361 g/mol. The number of benzene rings is 1. The van der Waals surface area contributed by atoms with Gasteiger partial charge in [-0.1, -0.05) is 25.3 Å². The van der Waals surface area contributed by atoms with Crippen LogP contribution in [0.2, 0.25) is 0 Å². The van der Waals surface area contributed by atoms with Gasteiger partial charge < -0.3 is 24.8 Å². The van der Waals surface area contributed by atoms with Gasteiger partial charge in [0.15, 0.2) is 17.5 Å². The van der Waals surface area contributed by atoms with Gasteiger partial charge in [-0.15, -0.1) is 0 Å². The van der Waals surface area contributed by atoms with Crippen LogP contribution in [0, 0.1) is 0 Å². The number of guanidine groups is 1. The van der Waals surface area contributed by atoms with E-state index in [0.717, 1.165) is 50.0 Å². The first-order valence-corrected chi connectivity index (χ1v) is 9.80. The fourth-order valence-corrected chi connectivity index (χ4v) is 3.40. The lowest BCUT2D eigenvalue weighted by molar-refractivity contribution is 0.0277. The highest BCUT2D eigenvalue weighted by atomic mass is 16.7. The first-order valence-electron chi connectivity index (χ1n) is 9.80. The molecule has 0 spiro atoms. The molecular weight excluding hydrogens is 330 g/mol. The molecule has 1 aliphatic carbocycles. The number of aliphatic imine (C=N–C) groups is 1. The summed E-state index contributed by atoms with van der Waals surface area (Å²) >= 11 is 0. The Hall–Kier alpha value is -1.95. The van der Waals surface area contributed by atoms with Gasteiger partial charge in [-0.3, -0.25) is 4.99 Å². The van der Waals surface area contributed by atoms with Crippen molar-refractivity contribution in [1.29, 1.82) is 0 Å².